The van der Waals surface area contributed by atoms with Gasteiger partial charge in [0.15, 0.2) is 0 Å². The largest absolute Gasteiger partial charge is 0.330 e. The molecule has 0 saturated heterocycles. The van der Waals surface area contributed by atoms with Crippen molar-refractivity contribution >= 4 is 0 Å². The van der Waals surface area contributed by atoms with E-state index in [2.05, 4.69) is 45.0 Å². The number of hydrogen-bond donors (Lipinski definition) is 1. The number of hydrogen-bond acceptors (Lipinski definition) is 1. The zero-order valence-corrected chi connectivity index (χ0v) is 10.7. The van der Waals surface area contributed by atoms with Crippen molar-refractivity contribution in [3.05, 3.63) is 35.4 Å². The third kappa shape index (κ3) is 2.01. The zero-order valence-electron chi connectivity index (χ0n) is 10.7. The molecule has 1 heteroatoms. The summed E-state index contributed by atoms with van der Waals surface area (Å²) >= 11 is 0. The van der Waals surface area contributed by atoms with Gasteiger partial charge in [0, 0.05) is 0 Å². The lowest BCUT2D eigenvalue weighted by molar-refractivity contribution is 0.216. The van der Waals surface area contributed by atoms with Gasteiger partial charge in [-0.15, -0.1) is 0 Å². The van der Waals surface area contributed by atoms with Gasteiger partial charge in [-0.25, -0.2) is 0 Å². The van der Waals surface area contributed by atoms with Crippen LogP contribution in [0.25, 0.3) is 0 Å². The Morgan fingerprint density at radius 1 is 1.25 bits per heavy atom. The van der Waals surface area contributed by atoms with Crippen LogP contribution >= 0.6 is 0 Å². The van der Waals surface area contributed by atoms with E-state index in [9.17, 15) is 0 Å². The number of aryl methyl sites for hydroxylation is 1. The number of fused-ring (bicyclic) bond motifs is 1. The molecule has 2 N–H and O–H groups in total. The highest BCUT2D eigenvalue weighted by molar-refractivity contribution is 5.34. The number of nitrogens with two attached hydrogens (primary N) is 1. The Balaban J connectivity index is 2.45. The van der Waals surface area contributed by atoms with Crippen LogP contribution in [0.3, 0.4) is 0 Å². The lowest BCUT2D eigenvalue weighted by Gasteiger charge is -2.41. The zero-order chi connectivity index (χ0) is 11.8. The Kier molecular flexibility index (Phi) is 3.07. The third-order valence-corrected chi connectivity index (χ3v) is 3.88. The van der Waals surface area contributed by atoms with Crippen LogP contribution in [0.5, 0.6) is 0 Å². The van der Waals surface area contributed by atoms with E-state index in [0.717, 1.165) is 6.54 Å². The highest BCUT2D eigenvalue weighted by Crippen LogP contribution is 2.46. The van der Waals surface area contributed by atoms with Crippen LogP contribution in [-0.4, -0.2) is 6.54 Å². The van der Waals surface area contributed by atoms with Crippen molar-refractivity contribution in [2.24, 2.45) is 17.1 Å². The van der Waals surface area contributed by atoms with Gasteiger partial charge in [-0.1, -0.05) is 45.0 Å². The van der Waals surface area contributed by atoms with Gasteiger partial charge < -0.3 is 5.73 Å². The summed E-state index contributed by atoms with van der Waals surface area (Å²) < 4.78 is 0. The molecule has 2 atom stereocenters. The second-order valence-corrected chi connectivity index (χ2v) is 6.08. The number of benzene rings is 1. The predicted octanol–water partition coefficient (Wildman–Crippen LogP) is 3.34. The molecule has 1 aliphatic carbocycles. The van der Waals surface area contributed by atoms with Crippen LogP contribution in [0.1, 0.15) is 44.2 Å². The van der Waals surface area contributed by atoms with Crippen LogP contribution in [0, 0.1) is 11.3 Å². The van der Waals surface area contributed by atoms with E-state index < -0.39 is 0 Å². The van der Waals surface area contributed by atoms with E-state index in [1.54, 1.807) is 0 Å². The molecule has 0 heterocycles. The minimum atomic E-state index is 0.306. The van der Waals surface area contributed by atoms with Gasteiger partial charge in [0.25, 0.3) is 0 Å². The summed E-state index contributed by atoms with van der Waals surface area (Å²) in [5.74, 6) is 1.26. The summed E-state index contributed by atoms with van der Waals surface area (Å²) in [7, 11) is 0. The van der Waals surface area contributed by atoms with Crippen LogP contribution < -0.4 is 5.73 Å². The summed E-state index contributed by atoms with van der Waals surface area (Å²) in [6.45, 7) is 7.82. The SMILES string of the molecule is CC(C)(C)C1c2ccccc2CCC1CN. The van der Waals surface area contributed by atoms with Crippen LogP contribution in [0.15, 0.2) is 24.3 Å². The van der Waals surface area contributed by atoms with Crippen molar-refractivity contribution in [3.8, 4) is 0 Å². The topological polar surface area (TPSA) is 26.0 Å². The predicted molar refractivity (Wildman–Crippen MR) is 69.5 cm³/mol. The van der Waals surface area contributed by atoms with E-state index in [1.165, 1.54) is 24.0 Å². The summed E-state index contributed by atoms with van der Waals surface area (Å²) in [5, 5.41) is 0. The molecule has 2 unspecified atom stereocenters. The van der Waals surface area contributed by atoms with E-state index in [4.69, 9.17) is 5.73 Å². The summed E-state index contributed by atoms with van der Waals surface area (Å²) in [5.41, 5.74) is 9.33. The molecule has 0 bridgehead atoms. The molecule has 1 aromatic rings. The fraction of sp³-hybridized carbons (Fsp3) is 0.600. The molecule has 16 heavy (non-hydrogen) atoms. The Labute approximate surface area is 99.0 Å². The molecule has 88 valence electrons. The first kappa shape index (κ1) is 11.7. The maximum Gasteiger partial charge on any atom is -0.00427 e. The Bertz CT molecular complexity index is 362. The summed E-state index contributed by atoms with van der Waals surface area (Å²) in [4.78, 5) is 0. The van der Waals surface area contributed by atoms with Gasteiger partial charge in [-0.3, -0.25) is 0 Å². The lowest BCUT2D eigenvalue weighted by Crippen LogP contribution is -2.34. The standard InChI is InChI=1S/C15H23N/c1-15(2,3)14-12(10-16)9-8-11-6-4-5-7-13(11)14/h4-7,12,14H,8-10,16H2,1-3H3. The molecule has 0 radical (unpaired) electrons. The van der Waals surface area contributed by atoms with Crippen LogP contribution in [0.4, 0.5) is 0 Å². The van der Waals surface area contributed by atoms with Crippen molar-refractivity contribution in [1.29, 1.82) is 0 Å². The van der Waals surface area contributed by atoms with Crippen molar-refractivity contribution in [2.75, 3.05) is 6.54 Å². The molecule has 0 amide bonds. The fourth-order valence-corrected chi connectivity index (χ4v) is 3.25. The molecule has 0 aliphatic heterocycles. The smallest absolute Gasteiger partial charge is 0.00427 e. The normalized spacial score (nSPS) is 25.2. The second-order valence-electron chi connectivity index (χ2n) is 6.08. The quantitative estimate of drug-likeness (QED) is 0.767. The average Bonchev–Trinajstić information content (AvgIpc) is 2.26. The fourth-order valence-electron chi connectivity index (χ4n) is 3.25. The van der Waals surface area contributed by atoms with Gasteiger partial charge in [0.2, 0.25) is 0 Å². The van der Waals surface area contributed by atoms with Crippen molar-refractivity contribution in [3.63, 3.8) is 0 Å². The van der Waals surface area contributed by atoms with Crippen LogP contribution in [-0.2, 0) is 6.42 Å². The van der Waals surface area contributed by atoms with E-state index in [0.29, 0.717) is 17.3 Å². The van der Waals surface area contributed by atoms with E-state index in [-0.39, 0.29) is 0 Å². The molecule has 0 fully saturated rings. The first-order valence-corrected chi connectivity index (χ1v) is 6.32. The Morgan fingerprint density at radius 3 is 2.56 bits per heavy atom. The van der Waals surface area contributed by atoms with Gasteiger partial charge in [-0.05, 0) is 47.8 Å². The maximum absolute atomic E-state index is 5.95. The van der Waals surface area contributed by atoms with Crippen molar-refractivity contribution in [2.45, 2.75) is 39.5 Å². The minimum Gasteiger partial charge on any atom is -0.330 e. The van der Waals surface area contributed by atoms with Gasteiger partial charge in [0.1, 0.15) is 0 Å². The third-order valence-electron chi connectivity index (χ3n) is 3.88. The van der Waals surface area contributed by atoms with Gasteiger partial charge in [0.05, 0.1) is 0 Å². The molecular weight excluding hydrogens is 194 g/mol. The number of rotatable bonds is 1. The molecule has 1 aliphatic rings. The molecular formula is C15H23N. The molecule has 1 nitrogen and oxygen atoms in total. The van der Waals surface area contributed by atoms with Crippen molar-refractivity contribution in [1.82, 2.24) is 0 Å². The first-order valence-electron chi connectivity index (χ1n) is 6.32. The highest BCUT2D eigenvalue weighted by atomic mass is 14.6. The van der Waals surface area contributed by atoms with E-state index >= 15 is 0 Å². The van der Waals surface area contributed by atoms with E-state index in [1.807, 2.05) is 0 Å². The highest BCUT2D eigenvalue weighted by Gasteiger charge is 2.36. The second kappa shape index (κ2) is 4.21. The molecule has 1 aromatic carbocycles. The van der Waals surface area contributed by atoms with Crippen LogP contribution in [0.2, 0.25) is 0 Å². The van der Waals surface area contributed by atoms with Gasteiger partial charge >= 0.3 is 0 Å². The summed E-state index contributed by atoms with van der Waals surface area (Å²) in [6.07, 6.45) is 2.44. The minimum absolute atomic E-state index is 0.306. The first-order chi connectivity index (χ1) is 7.54. The maximum atomic E-state index is 5.95. The molecule has 2 rings (SSSR count). The summed E-state index contributed by atoms with van der Waals surface area (Å²) in [6, 6.07) is 8.89. The van der Waals surface area contributed by atoms with Crippen molar-refractivity contribution < 1.29 is 0 Å². The average molecular weight is 217 g/mol. The van der Waals surface area contributed by atoms with Gasteiger partial charge in [-0.2, -0.15) is 0 Å². The monoisotopic (exact) mass is 217 g/mol. The molecule has 0 aromatic heterocycles. The lowest BCUT2D eigenvalue weighted by atomic mass is 9.64. The molecule has 0 spiro atoms. The molecule has 0 saturated carbocycles. The Hall–Kier alpha value is -0.820. The Morgan fingerprint density at radius 2 is 1.94 bits per heavy atom.